The molecule has 0 aliphatic heterocycles. The first kappa shape index (κ1) is 20.8. The minimum absolute atomic E-state index is 0.423. The molecule has 0 unspecified atom stereocenters. The maximum absolute atomic E-state index is 6.24. The molecule has 2 N–H and O–H groups in total. The van der Waals surface area contributed by atoms with Crippen molar-refractivity contribution < 1.29 is 4.74 Å². The van der Waals surface area contributed by atoms with Crippen LogP contribution in [0.1, 0.15) is 57.4 Å². The fourth-order valence-electron chi connectivity index (χ4n) is 2.15. The Kier molecular flexibility index (Phi) is 11.4. The van der Waals surface area contributed by atoms with E-state index >= 15 is 0 Å². The average Bonchev–Trinajstić information content (AvgIpc) is 2.58. The van der Waals surface area contributed by atoms with E-state index in [1.165, 1.54) is 50.3 Å². The van der Waals surface area contributed by atoms with Gasteiger partial charge < -0.3 is 10.5 Å². The number of nitrogens with two attached hydrogens (primary N) is 1. The lowest BCUT2D eigenvalue weighted by atomic mass is 10.1. The van der Waals surface area contributed by atoms with Crippen LogP contribution < -0.4 is 10.5 Å². The molecule has 1 rings (SSSR count). The number of benzene rings is 1. The van der Waals surface area contributed by atoms with Gasteiger partial charge in [-0.3, -0.25) is 0 Å². The van der Waals surface area contributed by atoms with Crippen LogP contribution in [0.2, 0.25) is 5.02 Å². The summed E-state index contributed by atoms with van der Waals surface area (Å²) in [5.41, 5.74) is 6.42. The Morgan fingerprint density at radius 2 is 1.92 bits per heavy atom. The number of rotatable bonds is 11. The molecular weight excluding hydrogens is 342 g/mol. The smallest absolute Gasteiger partial charge is 0.180 e. The molecule has 0 heterocycles. The van der Waals surface area contributed by atoms with Crippen LogP contribution in [-0.2, 0) is 0 Å². The predicted molar refractivity (Wildman–Crippen MR) is 108 cm³/mol. The van der Waals surface area contributed by atoms with Crippen molar-refractivity contribution in [2.24, 2.45) is 15.9 Å². The van der Waals surface area contributed by atoms with Gasteiger partial charge in [-0.1, -0.05) is 68.8 Å². The first-order chi connectivity index (χ1) is 11.7. The number of hydrogen-bond acceptors (Lipinski definition) is 4. The normalized spacial score (nSPS) is 12.0. The van der Waals surface area contributed by atoms with E-state index < -0.39 is 0 Å². The fraction of sp³-hybridized carbons (Fsp3) is 0.556. The molecule has 0 aliphatic rings. The lowest BCUT2D eigenvalue weighted by Crippen LogP contribution is -2.03. The maximum Gasteiger partial charge on any atom is 0.180 e. The largest absolute Gasteiger partial charge is 0.492 e. The van der Waals surface area contributed by atoms with E-state index in [0.29, 0.717) is 22.5 Å². The van der Waals surface area contributed by atoms with Gasteiger partial charge in [0, 0.05) is 0 Å². The number of halogens is 1. The summed E-state index contributed by atoms with van der Waals surface area (Å²) in [7, 11) is 0. The van der Waals surface area contributed by atoms with Crippen molar-refractivity contribution in [3.05, 3.63) is 28.8 Å². The minimum Gasteiger partial charge on any atom is -0.492 e. The van der Waals surface area contributed by atoms with Crippen molar-refractivity contribution in [1.82, 2.24) is 0 Å². The molecule has 0 fully saturated rings. The zero-order valence-corrected chi connectivity index (χ0v) is 16.2. The Balaban J connectivity index is 2.32. The van der Waals surface area contributed by atoms with Gasteiger partial charge >= 0.3 is 0 Å². The van der Waals surface area contributed by atoms with E-state index in [-0.39, 0.29) is 0 Å². The molecule has 4 nitrogen and oxygen atoms in total. The number of amidine groups is 1. The number of unbranched alkanes of at least 4 members (excludes halogenated alkanes) is 6. The molecule has 24 heavy (non-hydrogen) atoms. The van der Waals surface area contributed by atoms with Gasteiger partial charge in [-0.25, -0.2) is 0 Å². The summed E-state index contributed by atoms with van der Waals surface area (Å²) in [4.78, 5) is 0. The van der Waals surface area contributed by atoms with Crippen molar-refractivity contribution in [2.45, 2.75) is 51.9 Å². The van der Waals surface area contributed by atoms with Gasteiger partial charge in [0.2, 0.25) is 0 Å². The second-order valence-corrected chi connectivity index (χ2v) is 6.78. The molecule has 0 saturated carbocycles. The van der Waals surface area contributed by atoms with Gasteiger partial charge in [-0.2, -0.15) is 5.10 Å². The molecule has 0 radical (unpaired) electrons. The molecule has 6 heteroatoms. The highest BCUT2D eigenvalue weighted by atomic mass is 35.5. The Morgan fingerprint density at radius 1 is 1.21 bits per heavy atom. The molecule has 1 aromatic rings. The van der Waals surface area contributed by atoms with E-state index in [1.54, 1.807) is 6.21 Å². The summed E-state index contributed by atoms with van der Waals surface area (Å²) in [6.07, 6.45) is 12.3. The Bertz CT molecular complexity index is 535. The third-order valence-corrected chi connectivity index (χ3v) is 4.33. The average molecular weight is 370 g/mol. The van der Waals surface area contributed by atoms with Crippen LogP contribution >= 0.6 is 23.4 Å². The topological polar surface area (TPSA) is 60.0 Å². The van der Waals surface area contributed by atoms with Crippen LogP contribution in [0.3, 0.4) is 0 Å². The second kappa shape index (κ2) is 13.1. The molecule has 1 aromatic carbocycles. The molecule has 0 aliphatic carbocycles. The highest BCUT2D eigenvalue weighted by molar-refractivity contribution is 8.13. The molecule has 0 amide bonds. The molecule has 0 aromatic heterocycles. The Morgan fingerprint density at radius 3 is 2.58 bits per heavy atom. The van der Waals surface area contributed by atoms with Crippen molar-refractivity contribution in [1.29, 1.82) is 0 Å². The number of thioether (sulfide) groups is 1. The van der Waals surface area contributed by atoms with Crippen molar-refractivity contribution in [3.63, 3.8) is 0 Å². The van der Waals surface area contributed by atoms with Crippen LogP contribution in [0.15, 0.2) is 28.4 Å². The summed E-state index contributed by atoms with van der Waals surface area (Å²) in [6.45, 7) is 2.94. The molecule has 0 spiro atoms. The molecule has 0 bridgehead atoms. The Labute approximate surface area is 154 Å². The lowest BCUT2D eigenvalue weighted by molar-refractivity contribution is 0.304. The quantitative estimate of drug-likeness (QED) is 0.243. The van der Waals surface area contributed by atoms with Gasteiger partial charge in [0.05, 0.1) is 17.8 Å². The Hall–Kier alpha value is -1.20. The van der Waals surface area contributed by atoms with Crippen LogP contribution in [0.4, 0.5) is 0 Å². The summed E-state index contributed by atoms with van der Waals surface area (Å²) < 4.78 is 5.75. The lowest BCUT2D eigenvalue weighted by Gasteiger charge is -2.08. The highest BCUT2D eigenvalue weighted by Crippen LogP contribution is 2.25. The van der Waals surface area contributed by atoms with E-state index in [2.05, 4.69) is 17.1 Å². The number of hydrogen-bond donors (Lipinski definition) is 1. The molecular formula is C18H28ClN3OS. The van der Waals surface area contributed by atoms with E-state index in [1.807, 2.05) is 24.5 Å². The summed E-state index contributed by atoms with van der Waals surface area (Å²) in [5, 5.41) is 8.77. The first-order valence-corrected chi connectivity index (χ1v) is 10.1. The summed E-state index contributed by atoms with van der Waals surface area (Å²) in [5.74, 6) is 0.715. The van der Waals surface area contributed by atoms with Crippen LogP contribution in [-0.4, -0.2) is 24.2 Å². The summed E-state index contributed by atoms with van der Waals surface area (Å²) in [6, 6.07) is 5.59. The van der Waals surface area contributed by atoms with E-state index in [0.717, 1.165) is 12.0 Å². The van der Waals surface area contributed by atoms with Crippen LogP contribution in [0.25, 0.3) is 0 Å². The molecule has 0 atom stereocenters. The monoisotopic (exact) mass is 369 g/mol. The first-order valence-electron chi connectivity index (χ1n) is 8.50. The van der Waals surface area contributed by atoms with Gasteiger partial charge in [-0.05, 0) is 36.4 Å². The maximum atomic E-state index is 6.24. The molecule has 0 saturated heterocycles. The zero-order valence-electron chi connectivity index (χ0n) is 14.6. The van der Waals surface area contributed by atoms with Crippen molar-refractivity contribution >= 4 is 34.7 Å². The third-order valence-electron chi connectivity index (χ3n) is 3.53. The highest BCUT2D eigenvalue weighted by Gasteiger charge is 2.02. The predicted octanol–water partition coefficient (Wildman–Crippen LogP) is 5.48. The van der Waals surface area contributed by atoms with Gasteiger partial charge in [0.1, 0.15) is 5.75 Å². The summed E-state index contributed by atoms with van der Waals surface area (Å²) >= 11 is 7.60. The van der Waals surface area contributed by atoms with E-state index in [9.17, 15) is 0 Å². The standard InChI is InChI=1S/C18H28ClN3OS/c1-3-4-5-6-7-8-9-12-23-17-11-10-15(13-16(17)19)14-21-22-18(20)24-2/h10-11,13-14H,3-9,12H2,1-2H3,(H2,20,22)/b21-14-. The van der Waals surface area contributed by atoms with Gasteiger partial charge in [0.15, 0.2) is 5.17 Å². The van der Waals surface area contributed by atoms with Crippen molar-refractivity contribution in [2.75, 3.05) is 12.9 Å². The number of ether oxygens (including phenoxy) is 1. The van der Waals surface area contributed by atoms with Gasteiger partial charge in [0.25, 0.3) is 0 Å². The van der Waals surface area contributed by atoms with Crippen molar-refractivity contribution in [3.8, 4) is 5.75 Å². The van der Waals surface area contributed by atoms with Crippen LogP contribution in [0.5, 0.6) is 5.75 Å². The number of nitrogens with zero attached hydrogens (tertiary/aromatic N) is 2. The SMILES string of the molecule is CCCCCCCCCOc1ccc(/C=N\N=C(/N)SC)cc1Cl. The van der Waals surface area contributed by atoms with Crippen LogP contribution in [0, 0.1) is 0 Å². The third kappa shape index (κ3) is 9.18. The minimum atomic E-state index is 0.423. The van der Waals surface area contributed by atoms with E-state index in [4.69, 9.17) is 22.1 Å². The fourth-order valence-corrected chi connectivity index (χ4v) is 2.52. The molecule has 134 valence electrons. The van der Waals surface area contributed by atoms with Gasteiger partial charge in [-0.15, -0.1) is 5.10 Å². The zero-order chi connectivity index (χ0) is 17.6. The second-order valence-electron chi connectivity index (χ2n) is 5.55.